The summed E-state index contributed by atoms with van der Waals surface area (Å²) in [6.07, 6.45) is -7.44. The molecule has 10 nitrogen and oxygen atoms in total. The monoisotopic (exact) mass is 683 g/mol. The minimum atomic E-state index is -4.89. The molecule has 3 aromatic heterocycles. The molecular formula is C31H28F7N5O5. The second-order valence-corrected chi connectivity index (χ2v) is 11.3. The molecule has 256 valence electrons. The molecule has 0 aliphatic carbocycles. The maximum Gasteiger partial charge on any atom is 0.417 e. The van der Waals surface area contributed by atoms with E-state index in [0.717, 1.165) is 21.6 Å². The van der Waals surface area contributed by atoms with Crippen LogP contribution in [0.3, 0.4) is 0 Å². The van der Waals surface area contributed by atoms with Crippen LogP contribution in [0.15, 0.2) is 47.5 Å². The Bertz CT molecular complexity index is 1940. The molecule has 0 saturated carbocycles. The standard InChI is InChI=1S/C31H28F7N5O5/c1-15-10-18(42-8-9-48-14-23(42)31(36,37)38)12-21(32)24(15)27(44)40-22(29(46)47)13-17-4-5-19(26-39-6-7-43(17)26)25-20(30(33,34)35)11-16(2)41(3)28(25)45/h4-7,10-12,22-23H,8-9,13-14H2,1-3H3,(H,40,44)(H,46,47)/t22-,23+/m0/s1. The molecule has 0 spiro atoms. The predicted octanol–water partition coefficient (Wildman–Crippen LogP) is 4.67. The van der Waals surface area contributed by atoms with Crippen molar-refractivity contribution in [2.24, 2.45) is 7.05 Å². The molecule has 1 aromatic carbocycles. The fourth-order valence-corrected chi connectivity index (χ4v) is 5.74. The summed E-state index contributed by atoms with van der Waals surface area (Å²) in [5.74, 6) is -3.88. The number of aryl methyl sites for hydroxylation is 2. The van der Waals surface area contributed by atoms with Crippen LogP contribution in [0.1, 0.15) is 32.9 Å². The Morgan fingerprint density at radius 1 is 1.12 bits per heavy atom. The van der Waals surface area contributed by atoms with Crippen LogP contribution in [0.2, 0.25) is 0 Å². The number of ether oxygens (including phenoxy) is 1. The van der Waals surface area contributed by atoms with Gasteiger partial charge in [0.25, 0.3) is 11.5 Å². The van der Waals surface area contributed by atoms with Gasteiger partial charge in [0, 0.05) is 55.0 Å². The number of halogens is 7. The highest BCUT2D eigenvalue weighted by Crippen LogP contribution is 2.37. The zero-order valence-corrected chi connectivity index (χ0v) is 25.5. The summed E-state index contributed by atoms with van der Waals surface area (Å²) in [7, 11) is 1.32. The van der Waals surface area contributed by atoms with Gasteiger partial charge in [0.05, 0.1) is 29.9 Å². The average Bonchev–Trinajstić information content (AvgIpc) is 3.49. The van der Waals surface area contributed by atoms with E-state index in [2.05, 4.69) is 10.3 Å². The lowest BCUT2D eigenvalue weighted by atomic mass is 9.99. The molecule has 4 heterocycles. The molecule has 0 radical (unpaired) electrons. The van der Waals surface area contributed by atoms with E-state index in [1.807, 2.05) is 0 Å². The highest BCUT2D eigenvalue weighted by molar-refractivity contribution is 5.98. The Labute approximate surface area is 267 Å². The van der Waals surface area contributed by atoms with Gasteiger partial charge in [-0.15, -0.1) is 0 Å². The lowest BCUT2D eigenvalue weighted by Crippen LogP contribution is -2.53. The number of benzene rings is 1. The summed E-state index contributed by atoms with van der Waals surface area (Å²) in [4.78, 5) is 43.5. The molecule has 1 aliphatic rings. The number of fused-ring (bicyclic) bond motifs is 1. The summed E-state index contributed by atoms with van der Waals surface area (Å²) in [6.45, 7) is 1.75. The number of anilines is 1. The minimum Gasteiger partial charge on any atom is -0.480 e. The maximum absolute atomic E-state index is 15.3. The van der Waals surface area contributed by atoms with Gasteiger partial charge in [-0.3, -0.25) is 9.59 Å². The number of hydrogen-bond acceptors (Lipinski definition) is 6. The number of morpholine rings is 1. The molecule has 17 heteroatoms. The van der Waals surface area contributed by atoms with E-state index in [-0.39, 0.29) is 47.0 Å². The fourth-order valence-electron chi connectivity index (χ4n) is 5.74. The molecule has 0 unspecified atom stereocenters. The van der Waals surface area contributed by atoms with E-state index >= 15 is 4.39 Å². The Morgan fingerprint density at radius 3 is 2.46 bits per heavy atom. The lowest BCUT2D eigenvalue weighted by Gasteiger charge is -2.38. The van der Waals surface area contributed by atoms with Gasteiger partial charge in [0.2, 0.25) is 0 Å². The third-order valence-corrected chi connectivity index (χ3v) is 8.23. The number of aromatic nitrogens is 3. The summed E-state index contributed by atoms with van der Waals surface area (Å²) in [6, 6.07) is 1.54. The smallest absolute Gasteiger partial charge is 0.417 e. The van der Waals surface area contributed by atoms with E-state index in [4.69, 9.17) is 4.74 Å². The number of amides is 1. The number of nitrogens with one attached hydrogen (secondary N) is 1. The highest BCUT2D eigenvalue weighted by Gasteiger charge is 2.46. The van der Waals surface area contributed by atoms with Crippen molar-refractivity contribution in [2.75, 3.05) is 24.7 Å². The molecule has 48 heavy (non-hydrogen) atoms. The van der Waals surface area contributed by atoms with Gasteiger partial charge >= 0.3 is 18.3 Å². The quantitative estimate of drug-likeness (QED) is 0.272. The molecule has 1 aliphatic heterocycles. The van der Waals surface area contributed by atoms with Crippen molar-refractivity contribution in [1.82, 2.24) is 19.3 Å². The number of imidazole rings is 1. The van der Waals surface area contributed by atoms with Gasteiger partial charge in [-0.2, -0.15) is 26.3 Å². The first-order valence-electron chi connectivity index (χ1n) is 14.4. The van der Waals surface area contributed by atoms with Crippen LogP contribution in [0.4, 0.5) is 36.4 Å². The zero-order valence-electron chi connectivity index (χ0n) is 25.5. The van der Waals surface area contributed by atoms with Gasteiger partial charge in [0.15, 0.2) is 0 Å². The normalized spacial score (nSPS) is 16.3. The Hall–Kier alpha value is -4.93. The van der Waals surface area contributed by atoms with Gasteiger partial charge in [-0.05, 0) is 49.7 Å². The molecule has 2 N–H and O–H groups in total. The van der Waals surface area contributed by atoms with Crippen molar-refractivity contribution < 1.29 is 50.2 Å². The Kier molecular flexibility index (Phi) is 9.03. The minimum absolute atomic E-state index is 0.0356. The maximum atomic E-state index is 15.3. The number of pyridine rings is 2. The van der Waals surface area contributed by atoms with E-state index in [0.29, 0.717) is 0 Å². The van der Waals surface area contributed by atoms with Crippen molar-refractivity contribution in [3.05, 3.63) is 87.0 Å². The Morgan fingerprint density at radius 2 is 1.83 bits per heavy atom. The van der Waals surface area contributed by atoms with Crippen LogP contribution < -0.4 is 15.8 Å². The van der Waals surface area contributed by atoms with Crippen LogP contribution in [-0.2, 0) is 29.2 Å². The van der Waals surface area contributed by atoms with Crippen LogP contribution in [0, 0.1) is 19.7 Å². The first-order valence-corrected chi connectivity index (χ1v) is 14.4. The summed E-state index contributed by atoms with van der Waals surface area (Å²) >= 11 is 0. The van der Waals surface area contributed by atoms with Crippen LogP contribution in [0.5, 0.6) is 0 Å². The number of alkyl halides is 6. The number of aliphatic carboxylic acids is 1. The number of nitrogens with zero attached hydrogens (tertiary/aromatic N) is 4. The topological polar surface area (TPSA) is 118 Å². The third-order valence-electron chi connectivity index (χ3n) is 8.23. The first-order chi connectivity index (χ1) is 22.4. The van der Waals surface area contributed by atoms with Crippen molar-refractivity contribution in [3.63, 3.8) is 0 Å². The fraction of sp³-hybridized carbons (Fsp3) is 0.355. The van der Waals surface area contributed by atoms with Gasteiger partial charge < -0.3 is 29.0 Å². The second kappa shape index (κ2) is 12.6. The summed E-state index contributed by atoms with van der Waals surface area (Å²) < 4.78 is 105. The summed E-state index contributed by atoms with van der Waals surface area (Å²) in [5, 5.41) is 12.2. The van der Waals surface area contributed by atoms with Crippen LogP contribution >= 0.6 is 0 Å². The molecule has 2 atom stereocenters. The Balaban J connectivity index is 1.46. The van der Waals surface area contributed by atoms with Gasteiger partial charge in [0.1, 0.15) is 23.5 Å². The second-order valence-electron chi connectivity index (χ2n) is 11.3. The molecule has 4 aromatic rings. The molecule has 5 rings (SSSR count). The SMILES string of the molecule is Cc1cc(N2CCOC[C@@H]2C(F)(F)F)cc(F)c1C(=O)N[C@@H](Cc1ccc(-c2c(C(F)(F)F)cc(C)n(C)c2=O)c2nccn12)C(=O)O. The number of rotatable bonds is 7. The predicted molar refractivity (Wildman–Crippen MR) is 157 cm³/mol. The zero-order chi connectivity index (χ0) is 35.3. The van der Waals surface area contributed by atoms with E-state index in [1.165, 1.54) is 55.9 Å². The lowest BCUT2D eigenvalue weighted by molar-refractivity contribution is -0.167. The van der Waals surface area contributed by atoms with Gasteiger partial charge in [-0.1, -0.05) is 0 Å². The number of carbonyl (C=O) groups is 2. The van der Waals surface area contributed by atoms with Crippen LogP contribution in [-0.4, -0.2) is 69.0 Å². The largest absolute Gasteiger partial charge is 0.480 e. The van der Waals surface area contributed by atoms with E-state index in [9.17, 15) is 45.8 Å². The summed E-state index contributed by atoms with van der Waals surface area (Å²) in [5.41, 5.74) is -3.57. The van der Waals surface area contributed by atoms with Crippen LogP contribution in [0.25, 0.3) is 16.8 Å². The molecule has 1 fully saturated rings. The molecule has 0 bridgehead atoms. The van der Waals surface area contributed by atoms with E-state index in [1.54, 1.807) is 0 Å². The highest BCUT2D eigenvalue weighted by atomic mass is 19.4. The van der Waals surface area contributed by atoms with E-state index < -0.39 is 77.4 Å². The van der Waals surface area contributed by atoms with Gasteiger partial charge in [-0.25, -0.2) is 14.2 Å². The third kappa shape index (κ3) is 6.46. The van der Waals surface area contributed by atoms with Crippen molar-refractivity contribution >= 4 is 23.2 Å². The van der Waals surface area contributed by atoms with Crippen molar-refractivity contribution in [1.29, 1.82) is 0 Å². The van der Waals surface area contributed by atoms with Crippen molar-refractivity contribution in [3.8, 4) is 11.1 Å². The van der Waals surface area contributed by atoms with Crippen molar-refractivity contribution in [2.45, 2.75) is 44.7 Å². The molecular weight excluding hydrogens is 655 g/mol. The molecule has 1 saturated heterocycles. The molecule has 1 amide bonds. The average molecular weight is 684 g/mol. The number of carbonyl (C=O) groups excluding carboxylic acids is 1. The first kappa shape index (κ1) is 34.4. The number of carboxylic acid groups (broad SMARTS) is 1. The number of carboxylic acids is 1. The number of hydrogen-bond donors (Lipinski definition) is 2.